The van der Waals surface area contributed by atoms with Gasteiger partial charge >= 0.3 is 0 Å². The van der Waals surface area contributed by atoms with E-state index in [0.29, 0.717) is 17.9 Å². The van der Waals surface area contributed by atoms with Gasteiger partial charge in [-0.25, -0.2) is 0 Å². The lowest BCUT2D eigenvalue weighted by molar-refractivity contribution is 0.217. The maximum absolute atomic E-state index is 6.09. The Kier molecular flexibility index (Phi) is 5.84. The molecule has 0 amide bonds. The number of ether oxygens (including phenoxy) is 1. The highest BCUT2D eigenvalue weighted by Crippen LogP contribution is 2.50. The van der Waals surface area contributed by atoms with Crippen LogP contribution in [-0.4, -0.2) is 19.2 Å². The highest BCUT2D eigenvalue weighted by atomic mass is 16.5. The van der Waals surface area contributed by atoms with Crippen molar-refractivity contribution in [2.75, 3.05) is 23.3 Å². The molecule has 0 saturated heterocycles. The van der Waals surface area contributed by atoms with Gasteiger partial charge in [0.2, 0.25) is 0 Å². The van der Waals surface area contributed by atoms with Gasteiger partial charge in [-0.05, 0) is 81.0 Å². The third-order valence-electron chi connectivity index (χ3n) is 6.63. The van der Waals surface area contributed by atoms with Crippen LogP contribution in [0.4, 0.5) is 11.4 Å². The fourth-order valence-electron chi connectivity index (χ4n) is 4.77. The minimum atomic E-state index is 0.247. The van der Waals surface area contributed by atoms with E-state index in [4.69, 9.17) is 4.74 Å². The van der Waals surface area contributed by atoms with E-state index in [-0.39, 0.29) is 6.10 Å². The van der Waals surface area contributed by atoms with Gasteiger partial charge in [-0.15, -0.1) is 0 Å². The van der Waals surface area contributed by atoms with Gasteiger partial charge < -0.3 is 15.0 Å². The van der Waals surface area contributed by atoms with Crippen LogP contribution in [0.2, 0.25) is 0 Å². The molecule has 3 nitrogen and oxygen atoms in total. The van der Waals surface area contributed by atoms with Crippen LogP contribution in [0.1, 0.15) is 63.6 Å². The zero-order valence-electron chi connectivity index (χ0n) is 18.2. The molecule has 0 aromatic heterocycles. The predicted octanol–water partition coefficient (Wildman–Crippen LogP) is 6.54. The summed E-state index contributed by atoms with van der Waals surface area (Å²) in [5.41, 5.74) is 5.31. The maximum Gasteiger partial charge on any atom is 0.120 e. The molecule has 2 aliphatic rings. The summed E-state index contributed by atoms with van der Waals surface area (Å²) >= 11 is 0. The number of benzene rings is 2. The number of rotatable bonds is 7. The van der Waals surface area contributed by atoms with Crippen molar-refractivity contribution in [3.05, 3.63) is 65.7 Å². The number of anilines is 2. The topological polar surface area (TPSA) is 24.5 Å². The van der Waals surface area contributed by atoms with E-state index in [1.807, 2.05) is 0 Å². The van der Waals surface area contributed by atoms with E-state index in [1.165, 1.54) is 22.5 Å². The lowest BCUT2D eigenvalue weighted by Crippen LogP contribution is -2.29. The Morgan fingerprint density at radius 3 is 2.52 bits per heavy atom. The minimum absolute atomic E-state index is 0.247. The van der Waals surface area contributed by atoms with Gasteiger partial charge in [0.15, 0.2) is 0 Å². The number of allylic oxidation sites excluding steroid dienone is 2. The lowest BCUT2D eigenvalue weighted by atomic mass is 9.77. The van der Waals surface area contributed by atoms with E-state index >= 15 is 0 Å². The molecule has 4 atom stereocenters. The summed E-state index contributed by atoms with van der Waals surface area (Å²) in [4.78, 5) is 2.39. The molecular formula is C26H34N2O. The zero-order valence-corrected chi connectivity index (χ0v) is 18.2. The molecule has 0 radical (unpaired) electrons. The first-order valence-electron chi connectivity index (χ1n) is 11.2. The number of fused-ring (bicyclic) bond motifs is 3. The molecule has 2 aromatic rings. The number of hydrogen-bond donors (Lipinski definition) is 1. The Hall–Kier alpha value is -2.42. The summed E-state index contributed by atoms with van der Waals surface area (Å²) in [5.74, 6) is 2.00. The third kappa shape index (κ3) is 3.88. The van der Waals surface area contributed by atoms with E-state index in [0.717, 1.165) is 31.7 Å². The molecule has 29 heavy (non-hydrogen) atoms. The van der Waals surface area contributed by atoms with Crippen molar-refractivity contribution in [2.24, 2.45) is 5.92 Å². The highest BCUT2D eigenvalue weighted by molar-refractivity contribution is 5.62. The molecule has 0 saturated carbocycles. The largest absolute Gasteiger partial charge is 0.491 e. The van der Waals surface area contributed by atoms with Crippen LogP contribution in [0.15, 0.2) is 54.6 Å². The van der Waals surface area contributed by atoms with Crippen molar-refractivity contribution in [3.8, 4) is 5.75 Å². The molecule has 0 spiro atoms. The molecule has 0 fully saturated rings. The molecule has 1 heterocycles. The van der Waals surface area contributed by atoms with Crippen LogP contribution < -0.4 is 15.0 Å². The summed E-state index contributed by atoms with van der Waals surface area (Å²) in [6.07, 6.45) is 7.14. The van der Waals surface area contributed by atoms with Gasteiger partial charge in [0.25, 0.3) is 0 Å². The van der Waals surface area contributed by atoms with Crippen LogP contribution in [0, 0.1) is 5.92 Å². The first-order chi connectivity index (χ1) is 14.1. The van der Waals surface area contributed by atoms with E-state index < -0.39 is 0 Å². The molecule has 154 valence electrons. The lowest BCUT2D eigenvalue weighted by Gasteiger charge is -2.38. The predicted molar refractivity (Wildman–Crippen MR) is 123 cm³/mol. The van der Waals surface area contributed by atoms with Crippen molar-refractivity contribution < 1.29 is 4.74 Å². The standard InChI is InChI=1S/C26H34N2O/c1-5-18(4)29-21-15-16-25-24(17-21)22-9-8-10-23(22)26(27-25)19-11-13-20(14-12-19)28(6-2)7-3/h8-9,11-18,22-23,26-27H,5-7,10H2,1-4H3. The molecule has 1 N–H and O–H groups in total. The van der Waals surface area contributed by atoms with Gasteiger partial charge in [0.05, 0.1) is 12.1 Å². The Bertz CT molecular complexity index is 854. The van der Waals surface area contributed by atoms with Crippen molar-refractivity contribution in [2.45, 2.75) is 58.6 Å². The van der Waals surface area contributed by atoms with Gasteiger partial charge in [0.1, 0.15) is 5.75 Å². The van der Waals surface area contributed by atoms with Crippen molar-refractivity contribution in [1.29, 1.82) is 0 Å². The number of hydrogen-bond acceptors (Lipinski definition) is 3. The van der Waals surface area contributed by atoms with Gasteiger partial charge in [-0.3, -0.25) is 0 Å². The van der Waals surface area contributed by atoms with Crippen LogP contribution >= 0.6 is 0 Å². The highest BCUT2D eigenvalue weighted by Gasteiger charge is 2.38. The number of nitrogens with zero attached hydrogens (tertiary/aromatic N) is 1. The normalized spacial score (nSPS) is 23.1. The second-order valence-electron chi connectivity index (χ2n) is 8.33. The second-order valence-corrected chi connectivity index (χ2v) is 8.33. The molecule has 4 unspecified atom stereocenters. The smallest absolute Gasteiger partial charge is 0.120 e. The van der Waals surface area contributed by atoms with Gasteiger partial charge in [-0.2, -0.15) is 0 Å². The summed E-state index contributed by atoms with van der Waals surface area (Å²) in [7, 11) is 0. The maximum atomic E-state index is 6.09. The fourth-order valence-corrected chi connectivity index (χ4v) is 4.77. The summed E-state index contributed by atoms with van der Waals surface area (Å²) in [6, 6.07) is 16.1. The third-order valence-corrected chi connectivity index (χ3v) is 6.63. The van der Waals surface area contributed by atoms with Crippen LogP contribution in [-0.2, 0) is 0 Å². The molecule has 2 aromatic carbocycles. The average Bonchev–Trinajstić information content (AvgIpc) is 3.25. The fraction of sp³-hybridized carbons (Fsp3) is 0.462. The Morgan fingerprint density at radius 1 is 1.07 bits per heavy atom. The Balaban J connectivity index is 1.61. The van der Waals surface area contributed by atoms with Crippen LogP contribution in [0.25, 0.3) is 0 Å². The molecule has 3 heteroatoms. The number of nitrogens with one attached hydrogen (secondary N) is 1. The van der Waals surface area contributed by atoms with E-state index in [1.54, 1.807) is 0 Å². The SMILES string of the molecule is CCC(C)Oc1ccc2c(c1)C1C=CCC1C(c1ccc(N(CC)CC)cc1)N2. The quantitative estimate of drug-likeness (QED) is 0.543. The first kappa shape index (κ1) is 19.9. The van der Waals surface area contributed by atoms with Crippen molar-refractivity contribution >= 4 is 11.4 Å². The minimum Gasteiger partial charge on any atom is -0.491 e. The van der Waals surface area contributed by atoms with Crippen LogP contribution in [0.3, 0.4) is 0 Å². The van der Waals surface area contributed by atoms with Crippen LogP contribution in [0.5, 0.6) is 5.75 Å². The zero-order chi connectivity index (χ0) is 20.4. The first-order valence-corrected chi connectivity index (χ1v) is 11.2. The molecule has 1 aliphatic heterocycles. The molecule has 0 bridgehead atoms. The summed E-state index contributed by atoms with van der Waals surface area (Å²) in [5, 5.41) is 3.85. The van der Waals surface area contributed by atoms with Gasteiger partial charge in [0, 0.05) is 30.4 Å². The van der Waals surface area contributed by atoms with Gasteiger partial charge in [-0.1, -0.05) is 31.2 Å². The Labute approximate surface area is 175 Å². The average molecular weight is 391 g/mol. The molecule has 4 rings (SSSR count). The summed E-state index contributed by atoms with van der Waals surface area (Å²) in [6.45, 7) is 10.8. The van der Waals surface area contributed by atoms with E-state index in [2.05, 4.69) is 92.5 Å². The Morgan fingerprint density at radius 2 is 1.83 bits per heavy atom. The monoisotopic (exact) mass is 390 g/mol. The molecular weight excluding hydrogens is 356 g/mol. The van der Waals surface area contributed by atoms with Crippen molar-refractivity contribution in [3.63, 3.8) is 0 Å². The van der Waals surface area contributed by atoms with Crippen molar-refractivity contribution in [1.82, 2.24) is 0 Å². The molecule has 1 aliphatic carbocycles. The van der Waals surface area contributed by atoms with E-state index in [9.17, 15) is 0 Å². The summed E-state index contributed by atoms with van der Waals surface area (Å²) < 4.78 is 6.09. The second kappa shape index (κ2) is 8.52.